The summed E-state index contributed by atoms with van der Waals surface area (Å²) in [5.74, 6) is 2.62. The van der Waals surface area contributed by atoms with Gasteiger partial charge in [0.05, 0.1) is 0 Å². The molecule has 0 aliphatic rings. The molecule has 0 fully saturated rings. The van der Waals surface area contributed by atoms with Gasteiger partial charge in [-0.05, 0) is 24.1 Å². The quantitative estimate of drug-likeness (QED) is 0.476. The topological polar surface area (TPSA) is 12.4 Å². The number of nitrogens with zero attached hydrogens (tertiary/aromatic N) is 1. The maximum Gasteiger partial charge on any atom is 0.0343 e. The second kappa shape index (κ2) is 4.27. The first-order valence-electron chi connectivity index (χ1n) is 4.00. The van der Waals surface area contributed by atoms with Crippen LogP contribution in [0.1, 0.15) is 16.7 Å². The summed E-state index contributed by atoms with van der Waals surface area (Å²) >= 11 is 0. The summed E-state index contributed by atoms with van der Waals surface area (Å²) in [4.78, 5) is 3.95. The lowest BCUT2D eigenvalue weighted by Gasteiger charge is -2.01. The van der Waals surface area contributed by atoms with E-state index in [1.165, 1.54) is 6.20 Å². The lowest BCUT2D eigenvalue weighted by Crippen LogP contribution is -1.90. The first-order chi connectivity index (χ1) is 6.29. The van der Waals surface area contributed by atoms with E-state index in [0.717, 1.165) is 16.7 Å². The van der Waals surface area contributed by atoms with Crippen LogP contribution in [0.3, 0.4) is 0 Å². The maximum atomic E-state index is 5.33. The molecule has 64 valence electrons. The van der Waals surface area contributed by atoms with Gasteiger partial charge >= 0.3 is 0 Å². The first kappa shape index (κ1) is 9.28. The third-order valence-corrected chi connectivity index (χ3v) is 1.85. The Kier molecular flexibility index (Phi) is 3.05. The molecule has 1 rings (SSSR count). The largest absolute Gasteiger partial charge is 0.265 e. The molecule has 0 aliphatic heterocycles. The molecule has 0 atom stereocenters. The highest BCUT2D eigenvalue weighted by Gasteiger charge is 1.97. The molecule has 1 nitrogen and oxygen atoms in total. The summed E-state index contributed by atoms with van der Waals surface area (Å²) in [7, 11) is 0. The maximum absolute atomic E-state index is 5.33. The van der Waals surface area contributed by atoms with E-state index in [0.29, 0.717) is 0 Å². The minimum atomic E-state index is 0.910. The lowest BCUT2D eigenvalue weighted by molar-refractivity contribution is 1.41. The van der Waals surface area contributed by atoms with Crippen LogP contribution in [0.2, 0.25) is 0 Å². The second-order valence-electron chi connectivity index (χ2n) is 2.62. The third-order valence-electron chi connectivity index (χ3n) is 1.85. The second-order valence-corrected chi connectivity index (χ2v) is 2.62. The molecule has 0 radical (unpaired) electrons. The summed E-state index contributed by atoms with van der Waals surface area (Å²) in [5.41, 5.74) is 3.03. The van der Waals surface area contributed by atoms with Crippen LogP contribution in [0.5, 0.6) is 0 Å². The Morgan fingerprint density at radius 1 is 1.54 bits per heavy atom. The van der Waals surface area contributed by atoms with Gasteiger partial charge in [-0.15, -0.1) is 6.42 Å². The number of terminal acetylenes is 1. The van der Waals surface area contributed by atoms with Crippen molar-refractivity contribution in [1.82, 2.24) is 0 Å². The molecule has 13 heavy (non-hydrogen) atoms. The minimum absolute atomic E-state index is 0.910. The van der Waals surface area contributed by atoms with Crippen molar-refractivity contribution in [2.24, 2.45) is 4.99 Å². The zero-order valence-corrected chi connectivity index (χ0v) is 7.62. The molecule has 0 spiro atoms. The van der Waals surface area contributed by atoms with Crippen LogP contribution in [0, 0.1) is 19.3 Å². The van der Waals surface area contributed by atoms with E-state index in [1.54, 1.807) is 6.21 Å². The summed E-state index contributed by atoms with van der Waals surface area (Å²) in [6, 6.07) is 5.82. The number of aliphatic imine (C=N–C) groups is 1. The molecular weight excluding hydrogens is 158 g/mol. The van der Waals surface area contributed by atoms with Crippen molar-refractivity contribution in [2.45, 2.75) is 6.92 Å². The van der Waals surface area contributed by atoms with Crippen molar-refractivity contribution in [2.75, 3.05) is 0 Å². The predicted octanol–water partition coefficient (Wildman–Crippen LogP) is 2.54. The van der Waals surface area contributed by atoms with E-state index in [4.69, 9.17) is 6.42 Å². The van der Waals surface area contributed by atoms with Gasteiger partial charge in [-0.3, -0.25) is 4.99 Å². The van der Waals surface area contributed by atoms with Crippen LogP contribution < -0.4 is 0 Å². The molecule has 1 aromatic rings. The van der Waals surface area contributed by atoms with Crippen LogP contribution in [-0.4, -0.2) is 6.21 Å². The number of hydrogen-bond donors (Lipinski definition) is 0. The van der Waals surface area contributed by atoms with E-state index < -0.39 is 0 Å². The highest BCUT2D eigenvalue weighted by molar-refractivity contribution is 5.83. The molecule has 1 aromatic carbocycles. The third kappa shape index (κ3) is 2.07. The van der Waals surface area contributed by atoms with Gasteiger partial charge in [-0.25, -0.2) is 0 Å². The summed E-state index contributed by atoms with van der Waals surface area (Å²) in [6.45, 7) is 5.50. The van der Waals surface area contributed by atoms with E-state index >= 15 is 0 Å². The molecule has 0 saturated heterocycles. The van der Waals surface area contributed by atoms with Crippen molar-refractivity contribution < 1.29 is 0 Å². The van der Waals surface area contributed by atoms with Gasteiger partial charge in [0.25, 0.3) is 0 Å². The molecule has 1 heteroatoms. The van der Waals surface area contributed by atoms with Crippen LogP contribution in [0.4, 0.5) is 0 Å². The van der Waals surface area contributed by atoms with Gasteiger partial charge in [0, 0.05) is 18.0 Å². The van der Waals surface area contributed by atoms with Crippen LogP contribution in [0.15, 0.2) is 36.0 Å². The van der Waals surface area contributed by atoms with Crippen molar-refractivity contribution >= 4 is 6.21 Å². The zero-order valence-electron chi connectivity index (χ0n) is 7.62. The lowest BCUT2D eigenvalue weighted by atomic mass is 10.0. The van der Waals surface area contributed by atoms with Crippen molar-refractivity contribution in [3.8, 4) is 12.3 Å². The SMILES string of the molecule is C#Cc1cccc(C=NC=C)c1C. The Morgan fingerprint density at radius 2 is 2.31 bits per heavy atom. The predicted molar refractivity (Wildman–Crippen MR) is 56.9 cm³/mol. The van der Waals surface area contributed by atoms with Gasteiger partial charge in [0.1, 0.15) is 0 Å². The summed E-state index contributed by atoms with van der Waals surface area (Å²) in [5, 5.41) is 0. The molecule has 0 amide bonds. The van der Waals surface area contributed by atoms with E-state index in [-0.39, 0.29) is 0 Å². The van der Waals surface area contributed by atoms with Gasteiger partial charge in [0.2, 0.25) is 0 Å². The highest BCUT2D eigenvalue weighted by atomic mass is 14.7. The van der Waals surface area contributed by atoms with E-state index in [9.17, 15) is 0 Å². The van der Waals surface area contributed by atoms with Gasteiger partial charge < -0.3 is 0 Å². The Bertz CT molecular complexity index is 381. The Hall–Kier alpha value is -1.81. The first-order valence-corrected chi connectivity index (χ1v) is 4.00. The van der Waals surface area contributed by atoms with Gasteiger partial charge in [-0.1, -0.05) is 24.6 Å². The zero-order chi connectivity index (χ0) is 9.68. The highest BCUT2D eigenvalue weighted by Crippen LogP contribution is 2.10. The molecule has 0 aliphatic carbocycles. The average Bonchev–Trinajstić information content (AvgIpc) is 2.16. The Balaban J connectivity index is 3.17. The molecular formula is C12H11N. The smallest absolute Gasteiger partial charge is 0.0343 e. The molecule has 0 saturated carbocycles. The summed E-state index contributed by atoms with van der Waals surface area (Å²) in [6.07, 6.45) is 8.59. The Labute approximate surface area is 78.8 Å². The summed E-state index contributed by atoms with van der Waals surface area (Å²) < 4.78 is 0. The molecule has 0 unspecified atom stereocenters. The average molecular weight is 169 g/mol. The number of benzene rings is 1. The fourth-order valence-electron chi connectivity index (χ4n) is 1.08. The fourth-order valence-corrected chi connectivity index (χ4v) is 1.08. The van der Waals surface area contributed by atoms with Crippen molar-refractivity contribution in [3.63, 3.8) is 0 Å². The van der Waals surface area contributed by atoms with Crippen LogP contribution >= 0.6 is 0 Å². The molecule has 0 heterocycles. The standard InChI is InChI=1S/C12H11N/c1-4-11-7-6-8-12(10(11)3)9-13-5-2/h1,5-9H,2H2,3H3. The number of rotatable bonds is 2. The minimum Gasteiger partial charge on any atom is -0.265 e. The van der Waals surface area contributed by atoms with E-state index in [1.807, 2.05) is 25.1 Å². The molecule has 0 aromatic heterocycles. The van der Waals surface area contributed by atoms with Crippen molar-refractivity contribution in [3.05, 3.63) is 47.7 Å². The number of hydrogen-bond acceptors (Lipinski definition) is 1. The molecule has 0 bridgehead atoms. The van der Waals surface area contributed by atoms with Gasteiger partial charge in [-0.2, -0.15) is 0 Å². The van der Waals surface area contributed by atoms with Crippen LogP contribution in [-0.2, 0) is 0 Å². The van der Waals surface area contributed by atoms with E-state index in [2.05, 4.69) is 17.5 Å². The Morgan fingerprint density at radius 3 is 2.92 bits per heavy atom. The normalized spacial score (nSPS) is 9.85. The van der Waals surface area contributed by atoms with Crippen molar-refractivity contribution in [1.29, 1.82) is 0 Å². The van der Waals surface area contributed by atoms with Crippen LogP contribution in [0.25, 0.3) is 0 Å². The molecule has 0 N–H and O–H groups in total. The fraction of sp³-hybridized carbons (Fsp3) is 0.0833. The monoisotopic (exact) mass is 169 g/mol. The van der Waals surface area contributed by atoms with Gasteiger partial charge in [0.15, 0.2) is 0 Å².